The number of rotatable bonds is 2. The molecule has 0 spiro atoms. The fourth-order valence-electron chi connectivity index (χ4n) is 0.798. The Morgan fingerprint density at radius 3 is 3.10 bits per heavy atom. The van der Waals surface area contributed by atoms with E-state index < -0.39 is 0 Å². The fourth-order valence-corrected chi connectivity index (χ4v) is 0.798. The van der Waals surface area contributed by atoms with Crippen LogP contribution in [0.4, 0.5) is 0 Å². The maximum Gasteiger partial charge on any atom is 0.124 e. The van der Waals surface area contributed by atoms with Crippen LogP contribution in [-0.4, -0.2) is 5.94 Å². The zero-order chi connectivity index (χ0) is 7.23. The third-order valence-electron chi connectivity index (χ3n) is 1.27. The van der Waals surface area contributed by atoms with Crippen LogP contribution >= 0.6 is 0 Å². The van der Waals surface area contributed by atoms with Crippen LogP contribution in [0.5, 0.6) is 0 Å². The second kappa shape index (κ2) is 3.65. The van der Waals surface area contributed by atoms with E-state index in [0.717, 1.165) is 6.42 Å². The molecule has 0 aromatic carbocycles. The summed E-state index contributed by atoms with van der Waals surface area (Å²) >= 11 is 0. The predicted molar refractivity (Wildman–Crippen MR) is 41.2 cm³/mol. The lowest BCUT2D eigenvalue weighted by Gasteiger charge is -1.85. The van der Waals surface area contributed by atoms with E-state index in [1.165, 1.54) is 11.6 Å². The van der Waals surface area contributed by atoms with Gasteiger partial charge in [-0.25, -0.2) is 4.79 Å². The number of hydrogen-bond donors (Lipinski definition) is 0. The Morgan fingerprint density at radius 1 is 1.60 bits per heavy atom. The van der Waals surface area contributed by atoms with Gasteiger partial charge in [-0.05, 0) is 12.0 Å². The minimum Gasteiger partial charge on any atom is -0.234 e. The molecule has 50 valence electrons. The molecule has 0 aromatic rings. The maximum atomic E-state index is 9.71. The Labute approximate surface area is 60.1 Å². The van der Waals surface area contributed by atoms with Gasteiger partial charge in [-0.15, -0.1) is 0 Å². The molecule has 0 saturated heterocycles. The smallest absolute Gasteiger partial charge is 0.124 e. The van der Waals surface area contributed by atoms with E-state index in [4.69, 9.17) is 0 Å². The highest BCUT2D eigenvalue weighted by atomic mass is 16.1. The molecular formula is C9H8O. The summed E-state index contributed by atoms with van der Waals surface area (Å²) in [5, 5.41) is 0. The van der Waals surface area contributed by atoms with Crippen molar-refractivity contribution in [3.8, 4) is 0 Å². The van der Waals surface area contributed by atoms with Crippen molar-refractivity contribution in [1.82, 2.24) is 0 Å². The van der Waals surface area contributed by atoms with E-state index in [9.17, 15) is 4.79 Å². The number of carbonyl (C=O) groups excluding carboxylic acids is 1. The molecule has 0 N–H and O–H groups in total. The van der Waals surface area contributed by atoms with Gasteiger partial charge in [0.25, 0.3) is 0 Å². The first kappa shape index (κ1) is 6.79. The second-order valence-electron chi connectivity index (χ2n) is 2.02. The van der Waals surface area contributed by atoms with Crippen LogP contribution in [0.25, 0.3) is 0 Å². The number of allylic oxidation sites excluding steroid dienone is 7. The van der Waals surface area contributed by atoms with Crippen molar-refractivity contribution < 1.29 is 4.79 Å². The third kappa shape index (κ3) is 1.88. The lowest BCUT2D eigenvalue weighted by molar-refractivity contribution is 0.569. The zero-order valence-corrected chi connectivity index (χ0v) is 5.58. The van der Waals surface area contributed by atoms with Gasteiger partial charge in [-0.2, -0.15) is 0 Å². The van der Waals surface area contributed by atoms with Gasteiger partial charge in [0.15, 0.2) is 0 Å². The Balaban J connectivity index is 2.46. The summed E-state index contributed by atoms with van der Waals surface area (Å²) in [6.07, 6.45) is 12.0. The number of hydrogen-bond acceptors (Lipinski definition) is 1. The first-order valence-corrected chi connectivity index (χ1v) is 3.17. The molecule has 1 heteroatoms. The van der Waals surface area contributed by atoms with Crippen molar-refractivity contribution in [2.24, 2.45) is 0 Å². The Kier molecular flexibility index (Phi) is 2.48. The second-order valence-corrected chi connectivity index (χ2v) is 2.02. The molecule has 0 radical (unpaired) electrons. The normalized spacial score (nSPS) is 15.4. The molecule has 0 aliphatic heterocycles. The van der Waals surface area contributed by atoms with Gasteiger partial charge in [0, 0.05) is 6.08 Å². The predicted octanol–water partition coefficient (Wildman–Crippen LogP) is 1.82. The van der Waals surface area contributed by atoms with Crippen molar-refractivity contribution in [2.45, 2.75) is 6.42 Å². The summed E-state index contributed by atoms with van der Waals surface area (Å²) in [5.74, 6) is 1.68. The molecule has 1 nitrogen and oxygen atoms in total. The summed E-state index contributed by atoms with van der Waals surface area (Å²) in [6.45, 7) is 0. The molecule has 0 atom stereocenters. The summed E-state index contributed by atoms with van der Waals surface area (Å²) in [4.78, 5) is 9.71. The first-order chi connectivity index (χ1) is 4.93. The zero-order valence-electron chi connectivity index (χ0n) is 5.58. The molecule has 0 saturated carbocycles. The Hall–Kier alpha value is -1.33. The molecular weight excluding hydrogens is 124 g/mol. The van der Waals surface area contributed by atoms with Crippen molar-refractivity contribution >= 4 is 5.94 Å². The summed E-state index contributed by atoms with van der Waals surface area (Å²) in [7, 11) is 0. The maximum absolute atomic E-state index is 9.71. The molecule has 0 fully saturated rings. The quantitative estimate of drug-likeness (QED) is 0.413. The van der Waals surface area contributed by atoms with E-state index in [2.05, 4.69) is 6.08 Å². The molecule has 1 aliphatic rings. The Morgan fingerprint density at radius 2 is 2.50 bits per heavy atom. The van der Waals surface area contributed by atoms with Gasteiger partial charge < -0.3 is 0 Å². The van der Waals surface area contributed by atoms with Crippen molar-refractivity contribution in [3.63, 3.8) is 0 Å². The monoisotopic (exact) mass is 132 g/mol. The average Bonchev–Trinajstić information content (AvgIpc) is 2.41. The van der Waals surface area contributed by atoms with Crippen LogP contribution in [0, 0.1) is 0 Å². The van der Waals surface area contributed by atoms with E-state index in [1.807, 2.05) is 18.2 Å². The van der Waals surface area contributed by atoms with E-state index >= 15 is 0 Å². The van der Waals surface area contributed by atoms with Crippen LogP contribution in [-0.2, 0) is 4.79 Å². The minimum absolute atomic E-state index is 0.975. The summed E-state index contributed by atoms with van der Waals surface area (Å²) < 4.78 is 0. The average molecular weight is 132 g/mol. The molecule has 1 aliphatic carbocycles. The van der Waals surface area contributed by atoms with Gasteiger partial charge >= 0.3 is 0 Å². The largest absolute Gasteiger partial charge is 0.234 e. The Bertz CT molecular complexity index is 237. The highest BCUT2D eigenvalue weighted by molar-refractivity contribution is 5.49. The van der Waals surface area contributed by atoms with Crippen LogP contribution in [0.1, 0.15) is 6.42 Å². The highest BCUT2D eigenvalue weighted by Crippen LogP contribution is 2.10. The lowest BCUT2D eigenvalue weighted by atomic mass is 10.2. The topological polar surface area (TPSA) is 17.1 Å². The van der Waals surface area contributed by atoms with Gasteiger partial charge in [0.2, 0.25) is 0 Å². The van der Waals surface area contributed by atoms with E-state index in [-0.39, 0.29) is 0 Å². The van der Waals surface area contributed by atoms with Crippen LogP contribution in [0.2, 0.25) is 0 Å². The molecule has 0 aromatic heterocycles. The molecule has 0 heterocycles. The SMILES string of the molecule is O=C=C/C=C/C1=CC=CC1. The molecule has 0 amide bonds. The third-order valence-corrected chi connectivity index (χ3v) is 1.27. The standard InChI is InChI=1S/C9H8O/c10-8-4-3-7-9-5-1-2-6-9/h1-5,7H,6H2/b7-3+. The van der Waals surface area contributed by atoms with Crippen molar-refractivity contribution in [3.05, 3.63) is 42.0 Å². The molecule has 10 heavy (non-hydrogen) atoms. The van der Waals surface area contributed by atoms with Crippen LogP contribution < -0.4 is 0 Å². The van der Waals surface area contributed by atoms with Gasteiger partial charge in [-0.1, -0.05) is 30.4 Å². The highest BCUT2D eigenvalue weighted by Gasteiger charge is 1.90. The van der Waals surface area contributed by atoms with Crippen LogP contribution in [0.15, 0.2) is 42.0 Å². The van der Waals surface area contributed by atoms with Crippen molar-refractivity contribution in [2.75, 3.05) is 0 Å². The molecule has 1 rings (SSSR count). The molecule has 0 bridgehead atoms. The lowest BCUT2D eigenvalue weighted by Crippen LogP contribution is -1.66. The fraction of sp³-hybridized carbons (Fsp3) is 0.111. The van der Waals surface area contributed by atoms with Gasteiger partial charge in [0.1, 0.15) is 5.94 Å². The minimum atomic E-state index is 0.975. The van der Waals surface area contributed by atoms with E-state index in [0.29, 0.717) is 0 Å². The molecule has 0 unspecified atom stereocenters. The van der Waals surface area contributed by atoms with Gasteiger partial charge in [0.05, 0.1) is 0 Å². The van der Waals surface area contributed by atoms with Crippen LogP contribution in [0.3, 0.4) is 0 Å². The summed E-state index contributed by atoms with van der Waals surface area (Å²) in [5.41, 5.74) is 1.23. The first-order valence-electron chi connectivity index (χ1n) is 3.17. The van der Waals surface area contributed by atoms with E-state index in [1.54, 1.807) is 12.0 Å². The summed E-state index contributed by atoms with van der Waals surface area (Å²) in [6, 6.07) is 0. The van der Waals surface area contributed by atoms with Crippen molar-refractivity contribution in [1.29, 1.82) is 0 Å². The van der Waals surface area contributed by atoms with Gasteiger partial charge in [-0.3, -0.25) is 0 Å².